The first-order valence-electron chi connectivity index (χ1n) is 4.43. The fourth-order valence-electron chi connectivity index (χ4n) is 1.56. The molecule has 1 rings (SSSR count). The highest BCUT2D eigenvalue weighted by atomic mass is 79.9. The van der Waals surface area contributed by atoms with Crippen molar-refractivity contribution in [1.82, 2.24) is 0 Å². The second-order valence-electron chi connectivity index (χ2n) is 4.36. The van der Waals surface area contributed by atoms with E-state index in [0.29, 0.717) is 0 Å². The second kappa shape index (κ2) is 4.01. The summed E-state index contributed by atoms with van der Waals surface area (Å²) in [6.45, 7) is 4.48. The molecule has 16 heavy (non-hydrogen) atoms. The molecular formula is C9H10BrCl3O3. The number of rotatable bonds is 0. The van der Waals surface area contributed by atoms with Crippen LogP contribution in [0.15, 0.2) is 0 Å². The van der Waals surface area contributed by atoms with E-state index < -0.39 is 25.6 Å². The van der Waals surface area contributed by atoms with Crippen LogP contribution >= 0.6 is 50.7 Å². The first-order valence-corrected chi connectivity index (χ1v) is 6.36. The monoisotopic (exact) mass is 350 g/mol. The minimum atomic E-state index is -1.86. The molecule has 92 valence electrons. The van der Waals surface area contributed by atoms with Crippen molar-refractivity contribution in [3.05, 3.63) is 0 Å². The molecule has 0 amide bonds. The highest BCUT2D eigenvalue weighted by Crippen LogP contribution is 2.48. The van der Waals surface area contributed by atoms with Crippen molar-refractivity contribution in [1.29, 1.82) is 0 Å². The van der Waals surface area contributed by atoms with Crippen LogP contribution in [0.4, 0.5) is 0 Å². The van der Waals surface area contributed by atoms with Gasteiger partial charge in [-0.1, -0.05) is 50.7 Å². The van der Waals surface area contributed by atoms with Gasteiger partial charge in [0.1, 0.15) is 9.74 Å². The van der Waals surface area contributed by atoms with E-state index in [2.05, 4.69) is 15.9 Å². The third-order valence-electron chi connectivity index (χ3n) is 2.54. The van der Waals surface area contributed by atoms with Crippen molar-refractivity contribution in [2.45, 2.75) is 35.0 Å². The molecule has 0 bridgehead atoms. The van der Waals surface area contributed by atoms with Gasteiger partial charge in [0, 0.05) is 0 Å². The molecular weight excluding hydrogens is 342 g/mol. The number of ketones is 1. The van der Waals surface area contributed by atoms with E-state index >= 15 is 0 Å². The predicted octanol–water partition coefficient (Wildman–Crippen LogP) is 3.03. The van der Waals surface area contributed by atoms with Gasteiger partial charge in [-0.05, 0) is 20.8 Å². The Morgan fingerprint density at radius 1 is 1.25 bits per heavy atom. The highest BCUT2D eigenvalue weighted by molar-refractivity contribution is 9.10. The minimum absolute atomic E-state index is 0.368. The topological polar surface area (TPSA) is 43.4 Å². The van der Waals surface area contributed by atoms with Crippen molar-refractivity contribution in [3.63, 3.8) is 0 Å². The Kier molecular flexibility index (Phi) is 3.64. The Labute approximate surface area is 117 Å². The lowest BCUT2D eigenvalue weighted by molar-refractivity contribution is -0.174. The van der Waals surface area contributed by atoms with Crippen molar-refractivity contribution >= 4 is 62.5 Å². The van der Waals surface area contributed by atoms with E-state index in [1.807, 2.05) is 0 Å². The van der Waals surface area contributed by atoms with Gasteiger partial charge in [-0.15, -0.1) is 0 Å². The lowest BCUT2D eigenvalue weighted by atomic mass is 9.77. The van der Waals surface area contributed by atoms with E-state index in [1.165, 1.54) is 20.8 Å². The zero-order valence-electron chi connectivity index (χ0n) is 8.81. The maximum absolute atomic E-state index is 12.1. The summed E-state index contributed by atoms with van der Waals surface area (Å²) in [7, 11) is 0. The van der Waals surface area contributed by atoms with E-state index in [-0.39, 0.29) is 5.78 Å². The number of ether oxygens (including phenoxy) is 1. The summed E-state index contributed by atoms with van der Waals surface area (Å²) in [5, 5.41) is 0. The Hall–Kier alpha value is 0.490. The fraction of sp³-hybridized carbons (Fsp3) is 0.778. The zero-order valence-corrected chi connectivity index (χ0v) is 12.7. The maximum Gasteiger partial charge on any atom is 0.319 e. The maximum atomic E-state index is 12.1. The van der Waals surface area contributed by atoms with E-state index in [0.717, 1.165) is 0 Å². The average molecular weight is 352 g/mol. The van der Waals surface area contributed by atoms with Crippen molar-refractivity contribution in [2.24, 2.45) is 5.41 Å². The van der Waals surface area contributed by atoms with E-state index in [1.54, 1.807) is 0 Å². The van der Waals surface area contributed by atoms with Crippen LogP contribution in [0.5, 0.6) is 0 Å². The fourth-order valence-corrected chi connectivity index (χ4v) is 3.68. The van der Waals surface area contributed by atoms with Gasteiger partial charge in [0.2, 0.25) is 3.79 Å². The number of carbonyl (C=O) groups excluding carboxylic acids is 2. The zero-order chi connectivity index (χ0) is 12.9. The Bertz CT molecular complexity index is 346. The quantitative estimate of drug-likeness (QED) is 0.382. The van der Waals surface area contributed by atoms with Crippen LogP contribution in [0.1, 0.15) is 20.8 Å². The van der Waals surface area contributed by atoms with Gasteiger partial charge in [0.25, 0.3) is 0 Å². The van der Waals surface area contributed by atoms with Crippen molar-refractivity contribution in [2.75, 3.05) is 0 Å². The van der Waals surface area contributed by atoms with Crippen LogP contribution in [0, 0.1) is 5.41 Å². The number of cyclic esters (lactones) is 1. The molecule has 0 saturated carbocycles. The lowest BCUT2D eigenvalue weighted by Gasteiger charge is -2.44. The first-order chi connectivity index (χ1) is 6.91. The molecule has 2 unspecified atom stereocenters. The normalized spacial score (nSPS) is 34.8. The van der Waals surface area contributed by atoms with Crippen molar-refractivity contribution in [3.8, 4) is 0 Å². The smallest absolute Gasteiger partial charge is 0.319 e. The standard InChI is InChI=1S/C9H10BrCl3O3/c1-7(2)4(14)8(3,10)5(9(11,12)13)16-6(7)15/h5H,1-3H3. The first kappa shape index (κ1) is 14.6. The van der Waals surface area contributed by atoms with Crippen LogP contribution in [0.3, 0.4) is 0 Å². The van der Waals surface area contributed by atoms with Crippen LogP contribution < -0.4 is 0 Å². The molecule has 1 aliphatic heterocycles. The SMILES string of the molecule is CC1(C)C(=O)OC(C(Cl)(Cl)Cl)C(C)(Br)C1=O. The molecule has 1 heterocycles. The number of hydrogen-bond donors (Lipinski definition) is 0. The van der Waals surface area contributed by atoms with Gasteiger partial charge in [-0.3, -0.25) is 9.59 Å². The molecule has 1 saturated heterocycles. The summed E-state index contributed by atoms with van der Waals surface area (Å²) < 4.78 is 1.98. The number of carbonyl (C=O) groups is 2. The number of esters is 1. The molecule has 0 N–H and O–H groups in total. The molecule has 1 fully saturated rings. The second-order valence-corrected chi connectivity index (χ2v) is 8.37. The average Bonchev–Trinajstić information content (AvgIpc) is 2.07. The Morgan fingerprint density at radius 3 is 2.06 bits per heavy atom. The molecule has 7 heteroatoms. The van der Waals surface area contributed by atoms with Gasteiger partial charge in [-0.2, -0.15) is 0 Å². The van der Waals surface area contributed by atoms with Crippen LogP contribution in [0.2, 0.25) is 0 Å². The molecule has 3 nitrogen and oxygen atoms in total. The number of Topliss-reactive ketones (excluding diaryl/α,β-unsaturated/α-hetero) is 1. The predicted molar refractivity (Wildman–Crippen MR) is 66.3 cm³/mol. The third kappa shape index (κ3) is 2.22. The third-order valence-corrected chi connectivity index (χ3v) is 3.91. The molecule has 0 radical (unpaired) electrons. The molecule has 0 aromatic carbocycles. The summed E-state index contributed by atoms with van der Waals surface area (Å²) in [4.78, 5) is 23.7. The molecule has 0 spiro atoms. The van der Waals surface area contributed by atoms with Crippen molar-refractivity contribution < 1.29 is 14.3 Å². The van der Waals surface area contributed by atoms with Crippen LogP contribution in [0.25, 0.3) is 0 Å². The van der Waals surface area contributed by atoms with Gasteiger partial charge >= 0.3 is 5.97 Å². The summed E-state index contributed by atoms with van der Waals surface area (Å²) in [6, 6.07) is 0. The largest absolute Gasteiger partial charge is 0.455 e. The minimum Gasteiger partial charge on any atom is -0.455 e. The summed E-state index contributed by atoms with van der Waals surface area (Å²) in [5.74, 6) is -1.06. The summed E-state index contributed by atoms with van der Waals surface area (Å²) in [6.07, 6.45) is -1.15. The van der Waals surface area contributed by atoms with Gasteiger partial charge in [0.05, 0.1) is 0 Å². The molecule has 0 aromatic rings. The molecule has 1 aliphatic rings. The highest BCUT2D eigenvalue weighted by Gasteiger charge is 2.61. The van der Waals surface area contributed by atoms with Crippen LogP contribution in [-0.2, 0) is 14.3 Å². The lowest BCUT2D eigenvalue weighted by Crippen LogP contribution is -2.62. The van der Waals surface area contributed by atoms with Crippen LogP contribution in [-0.4, -0.2) is 26.0 Å². The Morgan fingerprint density at radius 2 is 1.69 bits per heavy atom. The number of hydrogen-bond acceptors (Lipinski definition) is 3. The Balaban J connectivity index is 3.22. The summed E-state index contributed by atoms with van der Waals surface area (Å²) >= 11 is 20.3. The molecule has 2 atom stereocenters. The van der Waals surface area contributed by atoms with E-state index in [4.69, 9.17) is 39.5 Å². The number of alkyl halides is 4. The summed E-state index contributed by atoms with van der Waals surface area (Å²) in [5.41, 5.74) is -1.25. The van der Waals surface area contributed by atoms with Gasteiger partial charge < -0.3 is 4.74 Å². The molecule has 0 aromatic heterocycles. The van der Waals surface area contributed by atoms with Gasteiger partial charge in [0.15, 0.2) is 11.9 Å². The van der Waals surface area contributed by atoms with Gasteiger partial charge in [-0.25, -0.2) is 0 Å². The molecule has 0 aliphatic carbocycles. The van der Waals surface area contributed by atoms with E-state index in [9.17, 15) is 9.59 Å². The number of halogens is 4.